The van der Waals surface area contributed by atoms with E-state index >= 15 is 0 Å². The summed E-state index contributed by atoms with van der Waals surface area (Å²) in [5.74, 6) is -9.80. The van der Waals surface area contributed by atoms with Crippen molar-refractivity contribution in [1.29, 1.82) is 0 Å². The Bertz CT molecular complexity index is 2960. The Morgan fingerprint density at radius 3 is 1.51 bits per heavy atom. The van der Waals surface area contributed by atoms with Crippen LogP contribution < -0.4 is 82.7 Å². The van der Waals surface area contributed by atoms with Crippen molar-refractivity contribution in [1.82, 2.24) is 52.3 Å². The molecule has 2 aliphatic rings. The molecule has 32 heteroatoms. The van der Waals surface area contributed by atoms with E-state index in [0.29, 0.717) is 55.4 Å². The SMILES string of the molecule is CSCC[C@H](NC(=O)[C@@H](CC(C)C)NC(=O)CNC(=O)[C@H](Cc1ccccc1)NC(=O)[C@H](Cc1ccccc1)NC(=O)[C@H](CCC(N)=O)NC(=O)[C@H](CCC(N)=O)NC(=O)[C@@H]1CCCN1C(=O)[C@H](CCCCN)NC(=O)[C@H]1CCCN1C(=O)[C@@H](N)CCCN=C(N)N)C(N)=O. The summed E-state index contributed by atoms with van der Waals surface area (Å²) in [5.41, 5.74) is 40.6. The molecule has 22 N–H and O–H groups in total. The van der Waals surface area contributed by atoms with Crippen LogP contribution in [0.25, 0.3) is 0 Å². The van der Waals surface area contributed by atoms with Crippen molar-refractivity contribution in [3.8, 4) is 0 Å². The number of rotatable bonds is 42. The normalized spacial score (nSPS) is 16.8. The van der Waals surface area contributed by atoms with Crippen LogP contribution in [0.5, 0.6) is 0 Å². The molecule has 95 heavy (non-hydrogen) atoms. The van der Waals surface area contributed by atoms with Crippen LogP contribution >= 0.6 is 11.8 Å². The maximum Gasteiger partial charge on any atom is 0.245 e. The smallest absolute Gasteiger partial charge is 0.245 e. The minimum atomic E-state index is -1.64. The molecule has 0 saturated carbocycles. The summed E-state index contributed by atoms with van der Waals surface area (Å²) >= 11 is 1.45. The first-order chi connectivity index (χ1) is 45.2. The molecular formula is C63H98N18O13S. The maximum absolute atomic E-state index is 14.7. The van der Waals surface area contributed by atoms with E-state index in [9.17, 15) is 62.3 Å². The standard InChI is InChI=1S/C63H98N18O13S/c1-37(2)33-45(57(89)74-41(53(68)85)27-32-95-3)73-52(84)36-72-54(86)46(34-38-15-6-4-7-16-38)78-58(90)47(35-39-17-8-5-9-18-39)79-56(88)42(23-25-50(66)82)75-55(87)43(24-26-51(67)83)76-59(91)49-22-14-31-81(49)62(94)44(20-10-11-28-64)77-60(92)48-21-13-30-80(48)61(93)40(65)19-12-29-71-63(69)70/h4-9,15-18,37,40-49H,10-14,19-36,64-65H2,1-3H3,(H2,66,82)(H2,67,83)(H2,68,85)(H,72,86)(H,73,84)(H,74,89)(H,75,87)(H,76,91)(H,77,92)(H,78,90)(H,79,88)(H4,69,70,71)/t40-,41-,42-,43-,44-,45+,46-,47-,48+,49-/m0/s1. The Hall–Kier alpha value is -8.91. The minimum absolute atomic E-state index is 0.0736. The lowest BCUT2D eigenvalue weighted by Gasteiger charge is -2.32. The first kappa shape index (κ1) is 78.5. The molecular weight excluding hydrogens is 1250 g/mol. The molecule has 2 fully saturated rings. The van der Waals surface area contributed by atoms with Crippen molar-refractivity contribution in [3.05, 3.63) is 71.8 Å². The maximum atomic E-state index is 14.7. The number of amides is 13. The number of nitrogens with zero attached hydrogens (tertiary/aromatic N) is 3. The number of carbonyl (C=O) groups is 13. The van der Waals surface area contributed by atoms with Crippen LogP contribution in [0, 0.1) is 5.92 Å². The highest BCUT2D eigenvalue weighted by Crippen LogP contribution is 2.24. The zero-order chi connectivity index (χ0) is 70.1. The van der Waals surface area contributed by atoms with Crippen LogP contribution in [0.4, 0.5) is 0 Å². The zero-order valence-corrected chi connectivity index (χ0v) is 55.3. The average Bonchev–Trinajstić information content (AvgIpc) is 1.74. The fourth-order valence-corrected chi connectivity index (χ4v) is 11.5. The van der Waals surface area contributed by atoms with Crippen molar-refractivity contribution >= 4 is 94.5 Å². The summed E-state index contributed by atoms with van der Waals surface area (Å²) in [6.07, 6.45) is 3.12. The van der Waals surface area contributed by atoms with E-state index in [1.54, 1.807) is 60.7 Å². The quantitative estimate of drug-likeness (QED) is 0.0173. The van der Waals surface area contributed by atoms with Gasteiger partial charge in [-0.25, -0.2) is 0 Å². The van der Waals surface area contributed by atoms with Crippen LogP contribution in [0.15, 0.2) is 65.7 Å². The largest absolute Gasteiger partial charge is 0.370 e. The van der Waals surface area contributed by atoms with E-state index in [2.05, 4.69) is 47.5 Å². The van der Waals surface area contributed by atoms with E-state index < -0.39 is 169 Å². The Balaban J connectivity index is 1.56. The van der Waals surface area contributed by atoms with E-state index in [0.717, 1.165) is 0 Å². The number of thioether (sulfide) groups is 1. The topological polar surface area (TPSA) is 519 Å². The summed E-state index contributed by atoms with van der Waals surface area (Å²) < 4.78 is 0. The van der Waals surface area contributed by atoms with Gasteiger partial charge in [-0.3, -0.25) is 67.3 Å². The zero-order valence-electron chi connectivity index (χ0n) is 54.5. The number of nitrogens with one attached hydrogen (secondary N) is 8. The predicted octanol–water partition coefficient (Wildman–Crippen LogP) is -3.71. The molecule has 2 aromatic carbocycles. The highest BCUT2D eigenvalue weighted by molar-refractivity contribution is 7.98. The number of unbranched alkanes of at least 4 members (excludes halogenated alkanes) is 1. The van der Waals surface area contributed by atoms with Gasteiger partial charge in [0.1, 0.15) is 54.4 Å². The Morgan fingerprint density at radius 2 is 1.01 bits per heavy atom. The van der Waals surface area contributed by atoms with E-state index in [-0.39, 0.29) is 83.0 Å². The van der Waals surface area contributed by atoms with Gasteiger partial charge < -0.3 is 92.5 Å². The van der Waals surface area contributed by atoms with Crippen LogP contribution in [0.2, 0.25) is 0 Å². The van der Waals surface area contributed by atoms with Crippen molar-refractivity contribution in [2.75, 3.05) is 44.7 Å². The monoisotopic (exact) mass is 1350 g/mol. The third-order valence-electron chi connectivity index (χ3n) is 16.0. The van der Waals surface area contributed by atoms with Gasteiger partial charge in [-0.15, -0.1) is 0 Å². The molecule has 2 saturated heterocycles. The Morgan fingerprint density at radius 1 is 0.537 bits per heavy atom. The number of aliphatic imine (C=N–C) groups is 1. The lowest BCUT2D eigenvalue weighted by atomic mass is 10.0. The third-order valence-corrected chi connectivity index (χ3v) is 16.7. The number of guanidine groups is 1. The molecule has 0 radical (unpaired) electrons. The highest BCUT2D eigenvalue weighted by Gasteiger charge is 2.42. The molecule has 2 aromatic rings. The number of hydrogen-bond donors (Lipinski definition) is 15. The van der Waals surface area contributed by atoms with Gasteiger partial charge in [0.2, 0.25) is 76.8 Å². The molecule has 4 rings (SSSR count). The molecule has 13 amide bonds. The molecule has 0 aromatic heterocycles. The third kappa shape index (κ3) is 27.5. The van der Waals surface area contributed by atoms with Gasteiger partial charge in [0, 0.05) is 45.3 Å². The predicted molar refractivity (Wildman–Crippen MR) is 356 cm³/mol. The van der Waals surface area contributed by atoms with Crippen LogP contribution in [0.1, 0.15) is 121 Å². The van der Waals surface area contributed by atoms with Crippen LogP contribution in [0.3, 0.4) is 0 Å². The second-order valence-corrected chi connectivity index (χ2v) is 25.1. The van der Waals surface area contributed by atoms with Gasteiger partial charge >= 0.3 is 0 Å². The molecule has 0 bridgehead atoms. The average molecular weight is 1350 g/mol. The minimum Gasteiger partial charge on any atom is -0.370 e. The van der Waals surface area contributed by atoms with Gasteiger partial charge in [-0.1, -0.05) is 74.5 Å². The summed E-state index contributed by atoms with van der Waals surface area (Å²) in [5, 5.41) is 21.1. The molecule has 0 spiro atoms. The first-order valence-electron chi connectivity index (χ1n) is 32.2. The number of nitrogens with two attached hydrogens (primary N) is 7. The lowest BCUT2D eigenvalue weighted by Crippen LogP contribution is -2.60. The van der Waals surface area contributed by atoms with Gasteiger partial charge in [0.25, 0.3) is 0 Å². The van der Waals surface area contributed by atoms with Gasteiger partial charge in [-0.2, -0.15) is 11.8 Å². The van der Waals surface area contributed by atoms with Gasteiger partial charge in [0.15, 0.2) is 5.96 Å². The highest BCUT2D eigenvalue weighted by atomic mass is 32.2. The fraction of sp³-hybridized carbons (Fsp3) is 0.587. The van der Waals surface area contributed by atoms with E-state index in [1.165, 1.54) is 21.6 Å². The van der Waals surface area contributed by atoms with Crippen molar-refractivity contribution in [2.45, 2.75) is 183 Å². The molecule has 10 atom stereocenters. The summed E-state index contributed by atoms with van der Waals surface area (Å²) in [4.78, 5) is 185. The molecule has 2 heterocycles. The lowest BCUT2D eigenvalue weighted by molar-refractivity contribution is -0.144. The second kappa shape index (κ2) is 41.0. The molecule has 31 nitrogen and oxygen atoms in total. The summed E-state index contributed by atoms with van der Waals surface area (Å²) in [6.45, 7) is 3.86. The number of hydrogen-bond acceptors (Lipinski definition) is 17. The summed E-state index contributed by atoms with van der Waals surface area (Å²) in [6, 6.07) is 4.51. The Labute approximate surface area is 558 Å². The molecule has 0 aliphatic carbocycles. The molecule has 0 unspecified atom stereocenters. The Kier molecular flexibility index (Phi) is 33.9. The van der Waals surface area contributed by atoms with Crippen LogP contribution in [-0.2, 0) is 75.2 Å². The first-order valence-corrected chi connectivity index (χ1v) is 33.6. The van der Waals surface area contributed by atoms with Crippen molar-refractivity contribution in [3.63, 3.8) is 0 Å². The summed E-state index contributed by atoms with van der Waals surface area (Å²) in [7, 11) is 0. The van der Waals surface area contributed by atoms with Crippen molar-refractivity contribution < 1.29 is 62.3 Å². The molecule has 524 valence electrons. The fourth-order valence-electron chi connectivity index (χ4n) is 11.0. The molecule has 2 aliphatic heterocycles. The number of benzene rings is 2. The van der Waals surface area contributed by atoms with Crippen LogP contribution in [-0.4, -0.2) is 198 Å². The second-order valence-electron chi connectivity index (χ2n) is 24.1. The number of carbonyl (C=O) groups excluding carboxylic acids is 13. The number of primary amides is 3. The number of likely N-dealkylation sites (tertiary alicyclic amines) is 2. The van der Waals surface area contributed by atoms with Gasteiger partial charge in [0.05, 0.1) is 12.6 Å². The van der Waals surface area contributed by atoms with E-state index in [1.807, 2.05) is 20.1 Å². The van der Waals surface area contributed by atoms with Crippen molar-refractivity contribution in [2.24, 2.45) is 51.0 Å². The van der Waals surface area contributed by atoms with Gasteiger partial charge in [-0.05, 0) is 119 Å². The van der Waals surface area contributed by atoms with E-state index in [4.69, 9.17) is 40.1 Å².